The van der Waals surface area contributed by atoms with Crippen LogP contribution < -0.4 is 5.56 Å². The largest absolute Gasteiger partial charge is 0.449 e. The lowest BCUT2D eigenvalue weighted by atomic mass is 10.0. The van der Waals surface area contributed by atoms with E-state index in [1.807, 2.05) is 19.9 Å². The highest BCUT2D eigenvalue weighted by molar-refractivity contribution is 6.31. The minimum atomic E-state index is -0.335. The molecule has 1 atom stereocenters. The van der Waals surface area contributed by atoms with Gasteiger partial charge in [0.1, 0.15) is 16.9 Å². The smallest absolute Gasteiger partial charge is 0.294 e. The number of furan rings is 1. The predicted octanol–water partition coefficient (Wildman–Crippen LogP) is 5.10. The minimum Gasteiger partial charge on any atom is -0.449 e. The van der Waals surface area contributed by atoms with E-state index in [0.29, 0.717) is 27.3 Å². The lowest BCUT2D eigenvalue weighted by molar-refractivity contribution is 0.661. The number of rotatable bonds is 4. The third-order valence-electron chi connectivity index (χ3n) is 3.99. The Bertz CT molecular complexity index is 1060. The zero-order valence-electron chi connectivity index (χ0n) is 13.5. The molecule has 0 aliphatic rings. The molecule has 0 amide bonds. The summed E-state index contributed by atoms with van der Waals surface area (Å²) in [6.07, 6.45) is 3.63. The van der Waals surface area contributed by atoms with E-state index in [0.717, 1.165) is 11.1 Å². The maximum Gasteiger partial charge on any atom is 0.294 e. The molecule has 1 N–H and O–H groups in total. The zero-order chi connectivity index (χ0) is 17.4. The van der Waals surface area contributed by atoms with E-state index in [1.54, 1.807) is 24.3 Å². The molecule has 0 fully saturated rings. The van der Waals surface area contributed by atoms with E-state index in [9.17, 15) is 4.79 Å². The SMILES string of the molecule is C=C/C(=C\C(C)C(=C)C)c1nc2c(oc3ccc(Cl)cc32)c(=O)[nH]1. The Labute approximate surface area is 144 Å². The second-order valence-corrected chi connectivity index (χ2v) is 6.23. The molecule has 3 aromatic rings. The summed E-state index contributed by atoms with van der Waals surface area (Å²) in [5.74, 6) is 0.577. The molecule has 0 saturated heterocycles. The standard InChI is InChI=1S/C19H17ClN2O2/c1-5-12(8-11(4)10(2)3)18-21-16-14-9-13(20)6-7-15(14)24-17(16)19(23)22-18/h5-9,11H,1-2H2,3-4H3,(H,21,22,23)/b12-8+. The number of hydrogen-bond acceptors (Lipinski definition) is 3. The molecule has 2 aromatic heterocycles. The Morgan fingerprint density at radius 1 is 1.46 bits per heavy atom. The third kappa shape index (κ3) is 2.81. The third-order valence-corrected chi connectivity index (χ3v) is 4.22. The van der Waals surface area contributed by atoms with Crippen molar-refractivity contribution in [3.8, 4) is 0 Å². The van der Waals surface area contributed by atoms with Gasteiger partial charge in [-0.25, -0.2) is 4.98 Å². The lowest BCUT2D eigenvalue weighted by Gasteiger charge is -2.08. The van der Waals surface area contributed by atoms with Crippen LogP contribution in [0.1, 0.15) is 19.7 Å². The molecule has 0 bridgehead atoms. The number of allylic oxidation sites excluding steroid dienone is 4. The van der Waals surface area contributed by atoms with Crippen molar-refractivity contribution in [1.29, 1.82) is 0 Å². The van der Waals surface area contributed by atoms with E-state index in [-0.39, 0.29) is 17.1 Å². The zero-order valence-corrected chi connectivity index (χ0v) is 14.3. The van der Waals surface area contributed by atoms with Crippen LogP contribution in [0.5, 0.6) is 0 Å². The quantitative estimate of drug-likeness (QED) is 0.530. The summed E-state index contributed by atoms with van der Waals surface area (Å²) in [5.41, 5.74) is 2.66. The first-order valence-electron chi connectivity index (χ1n) is 7.53. The summed E-state index contributed by atoms with van der Waals surface area (Å²) in [6, 6.07) is 5.18. The molecule has 122 valence electrons. The Kier molecular flexibility index (Phi) is 4.16. The summed E-state index contributed by atoms with van der Waals surface area (Å²) in [5, 5.41) is 1.27. The summed E-state index contributed by atoms with van der Waals surface area (Å²) >= 11 is 6.06. The van der Waals surface area contributed by atoms with E-state index in [4.69, 9.17) is 16.0 Å². The maximum absolute atomic E-state index is 12.4. The highest BCUT2D eigenvalue weighted by Gasteiger charge is 2.15. The predicted molar refractivity (Wildman–Crippen MR) is 99.3 cm³/mol. The average molecular weight is 341 g/mol. The van der Waals surface area contributed by atoms with Crippen molar-refractivity contribution < 1.29 is 4.42 Å². The van der Waals surface area contributed by atoms with Crippen LogP contribution in [0, 0.1) is 5.92 Å². The lowest BCUT2D eigenvalue weighted by Crippen LogP contribution is -2.10. The molecule has 5 heteroatoms. The Hall–Kier alpha value is -2.59. The molecular weight excluding hydrogens is 324 g/mol. The second kappa shape index (κ2) is 6.13. The second-order valence-electron chi connectivity index (χ2n) is 5.80. The fourth-order valence-electron chi connectivity index (χ4n) is 2.42. The molecule has 4 nitrogen and oxygen atoms in total. The van der Waals surface area contributed by atoms with Gasteiger partial charge in [0.25, 0.3) is 5.56 Å². The number of fused-ring (bicyclic) bond motifs is 3. The van der Waals surface area contributed by atoms with Crippen LogP contribution in [0.4, 0.5) is 0 Å². The van der Waals surface area contributed by atoms with Crippen molar-refractivity contribution in [2.75, 3.05) is 0 Å². The number of halogens is 1. The molecule has 1 aromatic carbocycles. The molecule has 0 radical (unpaired) electrons. The van der Waals surface area contributed by atoms with Crippen molar-refractivity contribution >= 4 is 39.2 Å². The minimum absolute atomic E-state index is 0.134. The van der Waals surface area contributed by atoms with Crippen LogP contribution in [0.25, 0.3) is 27.6 Å². The van der Waals surface area contributed by atoms with Gasteiger partial charge >= 0.3 is 0 Å². The van der Waals surface area contributed by atoms with E-state index >= 15 is 0 Å². The van der Waals surface area contributed by atoms with Gasteiger partial charge in [0.2, 0.25) is 5.58 Å². The Morgan fingerprint density at radius 3 is 2.88 bits per heavy atom. The number of nitrogens with zero attached hydrogens (tertiary/aromatic N) is 1. The fraction of sp³-hybridized carbons (Fsp3) is 0.158. The number of nitrogens with one attached hydrogen (secondary N) is 1. The molecule has 3 rings (SSSR count). The van der Waals surface area contributed by atoms with Gasteiger partial charge < -0.3 is 9.40 Å². The van der Waals surface area contributed by atoms with Crippen LogP contribution in [0.2, 0.25) is 5.02 Å². The van der Waals surface area contributed by atoms with Crippen LogP contribution in [0.3, 0.4) is 0 Å². The number of benzene rings is 1. The van der Waals surface area contributed by atoms with Gasteiger partial charge in [-0.15, -0.1) is 0 Å². The molecule has 0 spiro atoms. The Balaban J connectivity index is 2.28. The summed E-state index contributed by atoms with van der Waals surface area (Å²) in [4.78, 5) is 19.7. The summed E-state index contributed by atoms with van der Waals surface area (Å²) in [7, 11) is 0. The molecule has 24 heavy (non-hydrogen) atoms. The van der Waals surface area contributed by atoms with Gasteiger partial charge in [0, 0.05) is 16.0 Å². The first kappa shape index (κ1) is 16.3. The van der Waals surface area contributed by atoms with E-state index in [2.05, 4.69) is 23.1 Å². The number of hydrogen-bond donors (Lipinski definition) is 1. The monoisotopic (exact) mass is 340 g/mol. The number of aromatic amines is 1. The first-order chi connectivity index (χ1) is 11.4. The first-order valence-corrected chi connectivity index (χ1v) is 7.90. The van der Waals surface area contributed by atoms with Crippen LogP contribution in [-0.2, 0) is 0 Å². The summed E-state index contributed by atoms with van der Waals surface area (Å²) in [6.45, 7) is 11.7. The maximum atomic E-state index is 12.4. The van der Waals surface area contributed by atoms with Gasteiger partial charge in [0.05, 0.1) is 0 Å². The van der Waals surface area contributed by atoms with Gasteiger partial charge in [-0.1, -0.05) is 49.4 Å². The summed E-state index contributed by atoms with van der Waals surface area (Å²) < 4.78 is 5.60. The normalized spacial score (nSPS) is 13.4. The van der Waals surface area contributed by atoms with E-state index < -0.39 is 0 Å². The van der Waals surface area contributed by atoms with Crippen molar-refractivity contribution in [2.45, 2.75) is 13.8 Å². The molecule has 1 unspecified atom stereocenters. The van der Waals surface area contributed by atoms with Crippen molar-refractivity contribution in [2.24, 2.45) is 5.92 Å². The fourth-order valence-corrected chi connectivity index (χ4v) is 2.59. The van der Waals surface area contributed by atoms with Crippen molar-refractivity contribution in [1.82, 2.24) is 9.97 Å². The van der Waals surface area contributed by atoms with Crippen LogP contribution in [-0.4, -0.2) is 9.97 Å². The molecule has 0 saturated carbocycles. The molecule has 0 aliphatic carbocycles. The average Bonchev–Trinajstić information content (AvgIpc) is 2.90. The van der Waals surface area contributed by atoms with Crippen LogP contribution in [0.15, 0.2) is 58.3 Å². The Morgan fingerprint density at radius 2 is 2.21 bits per heavy atom. The van der Waals surface area contributed by atoms with Crippen molar-refractivity contribution in [3.05, 3.63) is 70.3 Å². The van der Waals surface area contributed by atoms with Crippen LogP contribution >= 0.6 is 11.6 Å². The van der Waals surface area contributed by atoms with Crippen molar-refractivity contribution in [3.63, 3.8) is 0 Å². The number of H-pyrrole nitrogens is 1. The van der Waals surface area contributed by atoms with E-state index in [1.165, 1.54) is 0 Å². The topological polar surface area (TPSA) is 58.9 Å². The number of aromatic nitrogens is 2. The molecular formula is C19H17ClN2O2. The molecule has 0 aliphatic heterocycles. The highest BCUT2D eigenvalue weighted by atomic mass is 35.5. The van der Waals surface area contributed by atoms with Gasteiger partial charge in [-0.2, -0.15) is 0 Å². The molecule has 2 heterocycles. The van der Waals surface area contributed by atoms with Gasteiger partial charge in [-0.3, -0.25) is 4.79 Å². The highest BCUT2D eigenvalue weighted by Crippen LogP contribution is 2.28. The van der Waals surface area contributed by atoms with Gasteiger partial charge in [0.15, 0.2) is 0 Å². The van der Waals surface area contributed by atoms with Gasteiger partial charge in [-0.05, 0) is 31.0 Å².